The van der Waals surface area contributed by atoms with Gasteiger partial charge in [-0.3, -0.25) is 4.90 Å². The third kappa shape index (κ3) is 2.61. The largest absolute Gasteiger partial charge is 0.366 e. The fourth-order valence-electron chi connectivity index (χ4n) is 3.83. The van der Waals surface area contributed by atoms with Crippen LogP contribution in [0.1, 0.15) is 17.5 Å². The van der Waals surface area contributed by atoms with Crippen LogP contribution in [-0.2, 0) is 13.0 Å². The van der Waals surface area contributed by atoms with Gasteiger partial charge in [0.05, 0.1) is 0 Å². The smallest absolute Gasteiger partial charge is 0.123 e. The summed E-state index contributed by atoms with van der Waals surface area (Å²) in [5.41, 5.74) is 3.80. The van der Waals surface area contributed by atoms with Crippen molar-refractivity contribution >= 4 is 5.69 Å². The van der Waals surface area contributed by atoms with Gasteiger partial charge in [-0.05, 0) is 42.2 Å². The number of anilines is 1. The van der Waals surface area contributed by atoms with Crippen LogP contribution >= 0.6 is 0 Å². The maximum atomic E-state index is 13.4. The predicted molar refractivity (Wildman–Crippen MR) is 87.6 cm³/mol. The Bertz CT molecular complexity index is 656. The number of hydrogen-bond donors (Lipinski definition) is 0. The third-order valence-electron chi connectivity index (χ3n) is 4.91. The van der Waals surface area contributed by atoms with E-state index in [1.165, 1.54) is 16.8 Å². The zero-order chi connectivity index (χ0) is 14.9. The average molecular weight is 296 g/mol. The van der Waals surface area contributed by atoms with Crippen LogP contribution in [0.4, 0.5) is 10.1 Å². The van der Waals surface area contributed by atoms with Crippen molar-refractivity contribution in [1.82, 2.24) is 4.90 Å². The van der Waals surface area contributed by atoms with Gasteiger partial charge >= 0.3 is 0 Å². The summed E-state index contributed by atoms with van der Waals surface area (Å²) in [5.74, 6) is -0.111. The Kier molecular flexibility index (Phi) is 3.59. The highest BCUT2D eigenvalue weighted by molar-refractivity contribution is 5.57. The molecule has 114 valence electrons. The minimum Gasteiger partial charge on any atom is -0.366 e. The SMILES string of the molecule is Fc1ccc2c(c1)CCC1CN(Cc3ccccc3)CCN21. The number of piperazine rings is 1. The summed E-state index contributed by atoms with van der Waals surface area (Å²) in [6, 6.07) is 16.5. The molecule has 1 fully saturated rings. The molecule has 1 atom stereocenters. The molecule has 0 aromatic heterocycles. The lowest BCUT2D eigenvalue weighted by molar-refractivity contribution is 0.206. The van der Waals surface area contributed by atoms with Gasteiger partial charge in [-0.15, -0.1) is 0 Å². The molecule has 3 heteroatoms. The van der Waals surface area contributed by atoms with Crippen molar-refractivity contribution < 1.29 is 4.39 Å². The Hall–Kier alpha value is -1.87. The number of fused-ring (bicyclic) bond motifs is 3. The van der Waals surface area contributed by atoms with E-state index in [0.717, 1.165) is 39.0 Å². The summed E-state index contributed by atoms with van der Waals surface area (Å²) in [7, 11) is 0. The fourth-order valence-corrected chi connectivity index (χ4v) is 3.83. The Morgan fingerprint density at radius 2 is 1.91 bits per heavy atom. The van der Waals surface area contributed by atoms with E-state index in [2.05, 4.69) is 40.1 Å². The maximum absolute atomic E-state index is 13.4. The summed E-state index contributed by atoms with van der Waals surface area (Å²) >= 11 is 0. The molecule has 0 N–H and O–H groups in total. The monoisotopic (exact) mass is 296 g/mol. The topological polar surface area (TPSA) is 6.48 Å². The van der Waals surface area contributed by atoms with Gasteiger partial charge in [-0.1, -0.05) is 30.3 Å². The summed E-state index contributed by atoms with van der Waals surface area (Å²) in [6.07, 6.45) is 2.12. The molecule has 1 unspecified atom stereocenters. The lowest BCUT2D eigenvalue weighted by Crippen LogP contribution is -2.54. The lowest BCUT2D eigenvalue weighted by Gasteiger charge is -2.46. The third-order valence-corrected chi connectivity index (χ3v) is 4.91. The first-order valence-electron chi connectivity index (χ1n) is 8.11. The van der Waals surface area contributed by atoms with Crippen LogP contribution in [0.2, 0.25) is 0 Å². The van der Waals surface area contributed by atoms with E-state index in [-0.39, 0.29) is 5.82 Å². The zero-order valence-corrected chi connectivity index (χ0v) is 12.7. The molecule has 0 bridgehead atoms. The number of rotatable bonds is 2. The van der Waals surface area contributed by atoms with E-state index in [0.29, 0.717) is 6.04 Å². The zero-order valence-electron chi connectivity index (χ0n) is 12.7. The number of aryl methyl sites for hydroxylation is 1. The van der Waals surface area contributed by atoms with Gasteiger partial charge in [-0.2, -0.15) is 0 Å². The second kappa shape index (κ2) is 5.73. The highest BCUT2D eigenvalue weighted by Crippen LogP contribution is 2.33. The molecular weight excluding hydrogens is 275 g/mol. The summed E-state index contributed by atoms with van der Waals surface area (Å²) in [6.45, 7) is 4.24. The molecule has 2 aromatic rings. The van der Waals surface area contributed by atoms with Gasteiger partial charge in [0.2, 0.25) is 0 Å². The molecule has 2 aliphatic heterocycles. The van der Waals surface area contributed by atoms with Crippen molar-refractivity contribution in [3.05, 3.63) is 65.5 Å². The predicted octanol–water partition coefficient (Wildman–Crippen LogP) is 3.46. The second-order valence-electron chi connectivity index (χ2n) is 6.38. The van der Waals surface area contributed by atoms with Gasteiger partial charge in [-0.25, -0.2) is 4.39 Å². The van der Waals surface area contributed by atoms with Gasteiger partial charge in [0.25, 0.3) is 0 Å². The normalized spacial score (nSPS) is 21.3. The van der Waals surface area contributed by atoms with E-state index in [4.69, 9.17) is 0 Å². The Morgan fingerprint density at radius 3 is 2.77 bits per heavy atom. The molecule has 4 rings (SSSR count). The van der Waals surface area contributed by atoms with Crippen molar-refractivity contribution in [1.29, 1.82) is 0 Å². The number of nitrogens with zero attached hydrogens (tertiary/aromatic N) is 2. The number of benzene rings is 2. The van der Waals surface area contributed by atoms with E-state index in [1.807, 2.05) is 6.07 Å². The Morgan fingerprint density at radius 1 is 1.05 bits per heavy atom. The summed E-state index contributed by atoms with van der Waals surface area (Å²) < 4.78 is 13.4. The highest BCUT2D eigenvalue weighted by atomic mass is 19.1. The average Bonchev–Trinajstić information content (AvgIpc) is 2.55. The fraction of sp³-hybridized carbons (Fsp3) is 0.368. The van der Waals surface area contributed by atoms with E-state index >= 15 is 0 Å². The van der Waals surface area contributed by atoms with E-state index in [1.54, 1.807) is 12.1 Å². The maximum Gasteiger partial charge on any atom is 0.123 e. The van der Waals surface area contributed by atoms with Crippen LogP contribution in [-0.4, -0.2) is 30.6 Å². The van der Waals surface area contributed by atoms with Crippen molar-refractivity contribution in [2.24, 2.45) is 0 Å². The highest BCUT2D eigenvalue weighted by Gasteiger charge is 2.31. The minimum atomic E-state index is -0.111. The van der Waals surface area contributed by atoms with Crippen LogP contribution in [0.25, 0.3) is 0 Å². The molecule has 22 heavy (non-hydrogen) atoms. The molecule has 0 saturated carbocycles. The summed E-state index contributed by atoms with van der Waals surface area (Å²) in [5, 5.41) is 0. The van der Waals surface area contributed by atoms with Gasteiger partial charge in [0, 0.05) is 37.9 Å². The van der Waals surface area contributed by atoms with Gasteiger partial charge in [0.15, 0.2) is 0 Å². The van der Waals surface area contributed by atoms with Gasteiger partial charge < -0.3 is 4.90 Å². The van der Waals surface area contributed by atoms with Gasteiger partial charge in [0.1, 0.15) is 5.82 Å². The molecule has 2 heterocycles. The number of halogens is 1. The molecular formula is C19H21FN2. The van der Waals surface area contributed by atoms with Crippen LogP contribution in [0.15, 0.2) is 48.5 Å². The molecule has 2 nitrogen and oxygen atoms in total. The molecule has 0 amide bonds. The molecule has 1 saturated heterocycles. The van der Waals surface area contributed by atoms with Crippen LogP contribution in [0.3, 0.4) is 0 Å². The lowest BCUT2D eigenvalue weighted by atomic mass is 9.93. The quantitative estimate of drug-likeness (QED) is 0.837. The molecule has 2 aromatic carbocycles. The second-order valence-corrected chi connectivity index (χ2v) is 6.38. The van der Waals surface area contributed by atoms with Crippen molar-refractivity contribution in [3.63, 3.8) is 0 Å². The number of hydrogen-bond acceptors (Lipinski definition) is 2. The molecule has 0 spiro atoms. The first kappa shape index (κ1) is 13.8. The standard InChI is InChI=1S/C19H21FN2/c20-17-7-9-19-16(12-17)6-8-18-14-21(10-11-22(18)19)13-15-4-2-1-3-5-15/h1-5,7,9,12,18H,6,8,10-11,13-14H2. The van der Waals surface area contributed by atoms with Crippen LogP contribution in [0, 0.1) is 5.82 Å². The van der Waals surface area contributed by atoms with E-state index in [9.17, 15) is 4.39 Å². The van der Waals surface area contributed by atoms with E-state index < -0.39 is 0 Å². The summed E-state index contributed by atoms with van der Waals surface area (Å²) in [4.78, 5) is 5.03. The van der Waals surface area contributed by atoms with Crippen molar-refractivity contribution in [3.8, 4) is 0 Å². The Balaban J connectivity index is 1.48. The van der Waals surface area contributed by atoms with Crippen molar-refractivity contribution in [2.45, 2.75) is 25.4 Å². The molecule has 2 aliphatic rings. The first-order valence-corrected chi connectivity index (χ1v) is 8.11. The first-order chi connectivity index (χ1) is 10.8. The minimum absolute atomic E-state index is 0.111. The van der Waals surface area contributed by atoms with Crippen LogP contribution < -0.4 is 4.90 Å². The molecule has 0 radical (unpaired) electrons. The van der Waals surface area contributed by atoms with Crippen LogP contribution in [0.5, 0.6) is 0 Å². The van der Waals surface area contributed by atoms with Crippen molar-refractivity contribution in [2.75, 3.05) is 24.5 Å². The molecule has 0 aliphatic carbocycles. The Labute approximate surface area is 131 Å².